The number of nitrogens with zero attached hydrogens (tertiary/aromatic N) is 2. The van der Waals surface area contributed by atoms with Gasteiger partial charge in [0.25, 0.3) is 5.91 Å². The molecule has 1 amide bonds. The molecule has 2 aromatic carbocycles. The van der Waals surface area contributed by atoms with Crippen LogP contribution < -0.4 is 15.8 Å². The zero-order valence-corrected chi connectivity index (χ0v) is 22.8. The zero-order chi connectivity index (χ0) is 31.4. The molecule has 0 aliphatic carbocycles. The van der Waals surface area contributed by atoms with Crippen LogP contribution in [0.4, 0.5) is 19.0 Å². The topological polar surface area (TPSA) is 165 Å². The van der Waals surface area contributed by atoms with Crippen LogP contribution in [-0.4, -0.2) is 56.9 Å². The predicted octanol–water partition coefficient (Wildman–Crippen LogP) is 4.67. The smallest absolute Gasteiger partial charge is 0.490 e. The molecule has 0 bridgehead atoms. The molecule has 2 heterocycles. The third kappa shape index (κ3) is 10.6. The number of anilines is 1. The molecule has 0 spiro atoms. The fourth-order valence-corrected chi connectivity index (χ4v) is 3.88. The number of aliphatic carboxylic acids is 2. The number of nitrogens with two attached hydrogens (primary N) is 1. The number of carbonyl (C=O) groups is 3. The second-order valence-electron chi connectivity index (χ2n) is 9.35. The summed E-state index contributed by atoms with van der Waals surface area (Å²) in [5.74, 6) is -3.00. The number of hydrogen-bond acceptors (Lipinski definition) is 7. The molecule has 0 unspecified atom stereocenters. The number of carboxylic acid groups (broad SMARTS) is 2. The molecule has 10 nitrogen and oxygen atoms in total. The number of alkyl halides is 3. The fraction of sp³-hybridized carbons (Fsp3) is 0.233. The van der Waals surface area contributed by atoms with Gasteiger partial charge in [-0.05, 0) is 78.2 Å². The van der Waals surface area contributed by atoms with Crippen LogP contribution in [0.3, 0.4) is 0 Å². The van der Waals surface area contributed by atoms with Crippen molar-refractivity contribution in [3.8, 4) is 5.75 Å². The van der Waals surface area contributed by atoms with Gasteiger partial charge in [-0.3, -0.25) is 14.6 Å². The van der Waals surface area contributed by atoms with Crippen LogP contribution in [0.15, 0.2) is 79.3 Å². The third-order valence-electron chi connectivity index (χ3n) is 6.17. The van der Waals surface area contributed by atoms with Crippen molar-refractivity contribution in [2.45, 2.75) is 37.9 Å². The van der Waals surface area contributed by atoms with Crippen molar-refractivity contribution in [3.63, 3.8) is 0 Å². The average molecular weight is 599 g/mol. The summed E-state index contributed by atoms with van der Waals surface area (Å²) >= 11 is 0. The fourth-order valence-electron chi connectivity index (χ4n) is 3.88. The Balaban J connectivity index is 0.000000646. The predicted molar refractivity (Wildman–Crippen MR) is 152 cm³/mol. The van der Waals surface area contributed by atoms with E-state index >= 15 is 0 Å². The summed E-state index contributed by atoms with van der Waals surface area (Å²) in [6.45, 7) is 0.120. The lowest BCUT2D eigenvalue weighted by atomic mass is 10.0. The Hall–Kier alpha value is -5.20. The Morgan fingerprint density at radius 1 is 0.907 bits per heavy atom. The van der Waals surface area contributed by atoms with E-state index in [0.29, 0.717) is 17.1 Å². The number of carboxylic acids is 2. The number of pyridine rings is 2. The first kappa shape index (κ1) is 32.3. The number of aromatic nitrogens is 2. The van der Waals surface area contributed by atoms with E-state index in [1.165, 1.54) is 5.56 Å². The van der Waals surface area contributed by atoms with Gasteiger partial charge in [-0.25, -0.2) is 9.78 Å². The number of carbonyl (C=O) groups excluding carboxylic acids is 1. The van der Waals surface area contributed by atoms with Gasteiger partial charge in [-0.15, -0.1) is 0 Å². The number of aryl methyl sites for hydroxylation is 2. The number of amides is 1. The maximum atomic E-state index is 12.9. The van der Waals surface area contributed by atoms with E-state index in [1.54, 1.807) is 36.8 Å². The monoisotopic (exact) mass is 598 g/mol. The Kier molecular flexibility index (Phi) is 11.4. The highest BCUT2D eigenvalue weighted by atomic mass is 19.4. The molecule has 0 saturated heterocycles. The van der Waals surface area contributed by atoms with Crippen molar-refractivity contribution in [1.82, 2.24) is 15.3 Å². The lowest BCUT2D eigenvalue weighted by Gasteiger charge is -2.19. The molecule has 0 saturated carbocycles. The third-order valence-corrected chi connectivity index (χ3v) is 6.17. The summed E-state index contributed by atoms with van der Waals surface area (Å²) in [5.41, 5.74) is 8.80. The summed E-state index contributed by atoms with van der Waals surface area (Å²) in [5, 5.41) is 20.9. The normalized spacial score (nSPS) is 11.6. The van der Waals surface area contributed by atoms with Crippen LogP contribution in [0.5, 0.6) is 5.75 Å². The van der Waals surface area contributed by atoms with E-state index in [-0.39, 0.29) is 25.4 Å². The zero-order valence-electron chi connectivity index (χ0n) is 22.8. The van der Waals surface area contributed by atoms with Gasteiger partial charge in [0.05, 0.1) is 6.04 Å². The number of ether oxygens (including phenoxy) is 1. The molecule has 5 N–H and O–H groups in total. The molecule has 0 aliphatic heterocycles. The van der Waals surface area contributed by atoms with Crippen molar-refractivity contribution in [2.24, 2.45) is 0 Å². The van der Waals surface area contributed by atoms with Crippen LogP contribution in [-0.2, 0) is 22.4 Å². The molecule has 0 fully saturated rings. The lowest BCUT2D eigenvalue weighted by Crippen LogP contribution is -2.39. The van der Waals surface area contributed by atoms with E-state index in [9.17, 15) is 22.8 Å². The molecule has 2 aromatic heterocycles. The number of hydrogen-bond donors (Lipinski definition) is 4. The Labute approximate surface area is 244 Å². The number of halogens is 3. The summed E-state index contributed by atoms with van der Waals surface area (Å²) in [4.78, 5) is 41.0. The largest absolute Gasteiger partial charge is 0.491 e. The number of fused-ring (bicyclic) bond motifs is 1. The number of nitrogens with one attached hydrogen (secondary N) is 1. The molecule has 226 valence electrons. The van der Waals surface area contributed by atoms with E-state index in [1.807, 2.05) is 42.5 Å². The van der Waals surface area contributed by atoms with E-state index < -0.39 is 24.2 Å². The SMILES string of the molecule is Nc1nccc2ccc(OC[C@@H](CCC(=O)O)NC(=O)c3ccc(CCc4ccncc4)cc3)cc12.O=C(O)C(F)(F)F. The van der Waals surface area contributed by atoms with E-state index in [2.05, 4.69) is 15.3 Å². The van der Waals surface area contributed by atoms with Crippen molar-refractivity contribution < 1.29 is 42.5 Å². The Bertz CT molecular complexity index is 1530. The molecular formula is C30H29F3N4O6. The minimum absolute atomic E-state index is 0.0865. The van der Waals surface area contributed by atoms with Gasteiger partial charge >= 0.3 is 18.1 Å². The minimum Gasteiger partial charge on any atom is -0.491 e. The van der Waals surface area contributed by atoms with Crippen molar-refractivity contribution in [2.75, 3.05) is 12.3 Å². The van der Waals surface area contributed by atoms with E-state index in [4.69, 9.17) is 25.5 Å². The molecule has 1 atom stereocenters. The van der Waals surface area contributed by atoms with Gasteiger partial charge in [-0.2, -0.15) is 13.2 Å². The first-order valence-corrected chi connectivity index (χ1v) is 13.0. The Morgan fingerprint density at radius 2 is 1.53 bits per heavy atom. The lowest BCUT2D eigenvalue weighted by molar-refractivity contribution is -0.192. The molecule has 0 aliphatic rings. The summed E-state index contributed by atoms with van der Waals surface area (Å²) in [6.07, 6.45) is 2.01. The standard InChI is InChI=1S/C28H28N4O4.C2HF3O2/c29-27-25-17-24(9-7-21(25)13-16-31-27)36-18-23(8-10-26(33)34)32-28(35)22-5-3-19(4-6-22)1-2-20-11-14-30-15-12-20;3-2(4,5)1(6)7/h3-7,9,11-17,23H,1-2,8,10,18H2,(H2,29,31)(H,32,35)(H,33,34);(H,6,7)/t23-;/m1./s1. The quantitative estimate of drug-likeness (QED) is 0.192. The Morgan fingerprint density at radius 3 is 2.14 bits per heavy atom. The molecule has 4 aromatic rings. The second kappa shape index (κ2) is 15.1. The number of benzene rings is 2. The first-order valence-electron chi connectivity index (χ1n) is 13.0. The van der Waals surface area contributed by atoms with Crippen molar-refractivity contribution >= 4 is 34.4 Å². The summed E-state index contributed by atoms with van der Waals surface area (Å²) in [6, 6.07) is 18.3. The van der Waals surface area contributed by atoms with Gasteiger partial charge in [0.2, 0.25) is 0 Å². The number of rotatable bonds is 11. The molecule has 43 heavy (non-hydrogen) atoms. The van der Waals surface area contributed by atoms with Gasteiger partial charge in [-0.1, -0.05) is 18.2 Å². The van der Waals surface area contributed by atoms with Gasteiger partial charge in [0.1, 0.15) is 18.2 Å². The highest BCUT2D eigenvalue weighted by Crippen LogP contribution is 2.24. The average Bonchev–Trinajstić information content (AvgIpc) is 2.98. The summed E-state index contributed by atoms with van der Waals surface area (Å²) in [7, 11) is 0. The van der Waals surface area contributed by atoms with Crippen molar-refractivity contribution in [1.29, 1.82) is 0 Å². The van der Waals surface area contributed by atoms with Crippen molar-refractivity contribution in [3.05, 3.63) is 95.9 Å². The maximum Gasteiger partial charge on any atom is 0.490 e. The maximum absolute atomic E-state index is 12.9. The molecule has 0 radical (unpaired) electrons. The molecular weight excluding hydrogens is 569 g/mol. The van der Waals surface area contributed by atoms with Gasteiger partial charge in [0.15, 0.2) is 0 Å². The number of nitrogen functional groups attached to an aromatic ring is 1. The van der Waals surface area contributed by atoms with Gasteiger partial charge < -0.3 is 26.0 Å². The second-order valence-corrected chi connectivity index (χ2v) is 9.35. The minimum atomic E-state index is -5.08. The first-order chi connectivity index (χ1) is 20.4. The highest BCUT2D eigenvalue weighted by molar-refractivity contribution is 5.94. The molecule has 13 heteroatoms. The van der Waals surface area contributed by atoms with Crippen LogP contribution in [0, 0.1) is 0 Å². The van der Waals surface area contributed by atoms with Crippen LogP contribution in [0.1, 0.15) is 34.3 Å². The summed E-state index contributed by atoms with van der Waals surface area (Å²) < 4.78 is 37.6. The highest BCUT2D eigenvalue weighted by Gasteiger charge is 2.38. The van der Waals surface area contributed by atoms with E-state index in [0.717, 1.165) is 29.2 Å². The molecule has 4 rings (SSSR count). The van der Waals surface area contributed by atoms with Crippen LogP contribution in [0.25, 0.3) is 10.8 Å². The van der Waals surface area contributed by atoms with Gasteiger partial charge in [0, 0.05) is 36.0 Å². The van der Waals surface area contributed by atoms with Crippen LogP contribution >= 0.6 is 0 Å². The van der Waals surface area contributed by atoms with Crippen LogP contribution in [0.2, 0.25) is 0 Å².